The monoisotopic (exact) mass is 274 g/mol. The molecular formula is C13H18N6O. The number of nitrogens with zero attached hydrogens (tertiary/aromatic N) is 4. The van der Waals surface area contributed by atoms with E-state index in [1.54, 1.807) is 23.0 Å². The molecule has 7 heteroatoms. The van der Waals surface area contributed by atoms with Gasteiger partial charge in [-0.25, -0.2) is 9.97 Å². The second kappa shape index (κ2) is 5.36. The fourth-order valence-electron chi connectivity index (χ4n) is 2.48. The highest BCUT2D eigenvalue weighted by Crippen LogP contribution is 2.15. The molecule has 0 bridgehead atoms. The molecule has 0 aromatic carbocycles. The summed E-state index contributed by atoms with van der Waals surface area (Å²) in [5, 5.41) is 3.05. The Bertz CT molecular complexity index is 616. The van der Waals surface area contributed by atoms with Crippen LogP contribution in [0, 0.1) is 0 Å². The van der Waals surface area contributed by atoms with Crippen LogP contribution in [0.25, 0.3) is 5.65 Å². The van der Waals surface area contributed by atoms with Crippen molar-refractivity contribution < 1.29 is 4.79 Å². The van der Waals surface area contributed by atoms with Gasteiger partial charge in [-0.05, 0) is 19.3 Å². The van der Waals surface area contributed by atoms with E-state index in [0.29, 0.717) is 17.3 Å². The first-order chi connectivity index (χ1) is 9.74. The summed E-state index contributed by atoms with van der Waals surface area (Å²) in [5.41, 5.74) is 6.41. The van der Waals surface area contributed by atoms with E-state index < -0.39 is 0 Å². The molecule has 0 atom stereocenters. The van der Waals surface area contributed by atoms with E-state index in [0.717, 1.165) is 25.9 Å². The molecule has 7 nitrogen and oxygen atoms in total. The first-order valence-electron chi connectivity index (χ1n) is 6.85. The molecule has 1 aliphatic heterocycles. The van der Waals surface area contributed by atoms with Gasteiger partial charge in [-0.2, -0.15) is 0 Å². The zero-order valence-electron chi connectivity index (χ0n) is 11.2. The van der Waals surface area contributed by atoms with Crippen molar-refractivity contribution in [3.8, 4) is 0 Å². The van der Waals surface area contributed by atoms with Crippen LogP contribution in [0.15, 0.2) is 18.6 Å². The van der Waals surface area contributed by atoms with Crippen LogP contribution in [0.3, 0.4) is 0 Å². The van der Waals surface area contributed by atoms with Gasteiger partial charge in [0.05, 0.1) is 12.7 Å². The average Bonchev–Trinajstić information content (AvgIpc) is 2.93. The third-order valence-electron chi connectivity index (χ3n) is 3.51. The van der Waals surface area contributed by atoms with Gasteiger partial charge in [0.1, 0.15) is 5.82 Å². The minimum atomic E-state index is 0.0960. The number of nitrogen functional groups attached to an aromatic ring is 1. The molecule has 1 amide bonds. The Morgan fingerprint density at radius 2 is 2.15 bits per heavy atom. The van der Waals surface area contributed by atoms with Crippen LogP contribution < -0.4 is 11.1 Å². The van der Waals surface area contributed by atoms with Gasteiger partial charge in [-0.1, -0.05) is 0 Å². The molecule has 3 rings (SSSR count). The summed E-state index contributed by atoms with van der Waals surface area (Å²) in [6.45, 7) is 1.92. The number of aromatic nitrogens is 3. The van der Waals surface area contributed by atoms with Crippen LogP contribution in [-0.4, -0.2) is 44.8 Å². The highest BCUT2D eigenvalue weighted by Gasteiger charge is 2.16. The molecule has 3 heterocycles. The number of fused-ring (bicyclic) bond motifs is 1. The minimum Gasteiger partial charge on any atom is -0.382 e. The molecule has 2 aromatic heterocycles. The lowest BCUT2D eigenvalue weighted by atomic mass is 10.1. The number of anilines is 2. The van der Waals surface area contributed by atoms with E-state index in [1.807, 2.05) is 4.90 Å². The number of carbonyl (C=O) groups excluding carboxylic acids is 1. The summed E-state index contributed by atoms with van der Waals surface area (Å²) in [4.78, 5) is 22.4. The van der Waals surface area contributed by atoms with Crippen molar-refractivity contribution in [2.45, 2.75) is 19.3 Å². The molecule has 0 saturated carbocycles. The predicted molar refractivity (Wildman–Crippen MR) is 76.3 cm³/mol. The Morgan fingerprint density at radius 1 is 1.35 bits per heavy atom. The maximum absolute atomic E-state index is 12.1. The molecule has 106 valence electrons. The highest BCUT2D eigenvalue weighted by atomic mass is 16.2. The maximum atomic E-state index is 12.1. The van der Waals surface area contributed by atoms with E-state index in [1.165, 1.54) is 6.42 Å². The number of nitrogens with two attached hydrogens (primary N) is 1. The summed E-state index contributed by atoms with van der Waals surface area (Å²) in [6, 6.07) is 0. The lowest BCUT2D eigenvalue weighted by Crippen LogP contribution is -2.39. The molecule has 0 unspecified atom stereocenters. The van der Waals surface area contributed by atoms with Gasteiger partial charge < -0.3 is 20.4 Å². The molecule has 1 aliphatic rings. The summed E-state index contributed by atoms with van der Waals surface area (Å²) in [7, 11) is 0. The fourth-order valence-corrected chi connectivity index (χ4v) is 2.48. The van der Waals surface area contributed by atoms with E-state index in [2.05, 4.69) is 15.3 Å². The third-order valence-corrected chi connectivity index (χ3v) is 3.51. The SMILES string of the molecule is Nc1cn2ccnc2c(NCC(=O)N2CCCCC2)n1. The zero-order valence-corrected chi connectivity index (χ0v) is 11.2. The van der Waals surface area contributed by atoms with Crippen molar-refractivity contribution in [2.24, 2.45) is 0 Å². The molecule has 2 aromatic rings. The summed E-state index contributed by atoms with van der Waals surface area (Å²) in [5.74, 6) is 1.03. The van der Waals surface area contributed by atoms with Crippen molar-refractivity contribution in [2.75, 3.05) is 30.7 Å². The van der Waals surface area contributed by atoms with Crippen LogP contribution in [0.4, 0.5) is 11.6 Å². The number of imidazole rings is 1. The molecule has 3 N–H and O–H groups in total. The first kappa shape index (κ1) is 12.7. The Morgan fingerprint density at radius 3 is 2.95 bits per heavy atom. The van der Waals surface area contributed by atoms with Crippen molar-refractivity contribution in [1.82, 2.24) is 19.3 Å². The Kier molecular flexibility index (Phi) is 3.41. The van der Waals surface area contributed by atoms with Gasteiger partial charge in [-0.15, -0.1) is 0 Å². The maximum Gasteiger partial charge on any atom is 0.241 e. The number of amides is 1. The lowest BCUT2D eigenvalue weighted by Gasteiger charge is -2.26. The smallest absolute Gasteiger partial charge is 0.241 e. The molecule has 20 heavy (non-hydrogen) atoms. The van der Waals surface area contributed by atoms with Crippen LogP contribution in [0.1, 0.15) is 19.3 Å². The summed E-state index contributed by atoms with van der Waals surface area (Å²) in [6.07, 6.45) is 8.56. The Hall–Kier alpha value is -2.31. The number of hydrogen-bond acceptors (Lipinski definition) is 5. The van der Waals surface area contributed by atoms with Crippen molar-refractivity contribution in [3.63, 3.8) is 0 Å². The molecule has 1 saturated heterocycles. The van der Waals surface area contributed by atoms with Crippen LogP contribution in [0.5, 0.6) is 0 Å². The number of hydrogen-bond donors (Lipinski definition) is 2. The third kappa shape index (κ3) is 2.52. The van der Waals surface area contributed by atoms with Gasteiger partial charge >= 0.3 is 0 Å². The fraction of sp³-hybridized carbons (Fsp3) is 0.462. The quantitative estimate of drug-likeness (QED) is 0.861. The lowest BCUT2D eigenvalue weighted by molar-refractivity contribution is -0.130. The number of piperidine rings is 1. The molecule has 0 spiro atoms. The Labute approximate surface area is 116 Å². The van der Waals surface area contributed by atoms with Crippen LogP contribution in [-0.2, 0) is 4.79 Å². The van der Waals surface area contributed by atoms with Gasteiger partial charge in [0, 0.05) is 25.5 Å². The number of rotatable bonds is 3. The highest BCUT2D eigenvalue weighted by molar-refractivity contribution is 5.82. The predicted octanol–water partition coefficient (Wildman–Crippen LogP) is 0.736. The molecule has 1 fully saturated rings. The van der Waals surface area contributed by atoms with Crippen molar-refractivity contribution in [1.29, 1.82) is 0 Å². The van der Waals surface area contributed by atoms with E-state index in [4.69, 9.17) is 5.73 Å². The van der Waals surface area contributed by atoms with E-state index in [9.17, 15) is 4.79 Å². The molecule has 0 aliphatic carbocycles. The topological polar surface area (TPSA) is 88.5 Å². The van der Waals surface area contributed by atoms with E-state index in [-0.39, 0.29) is 12.5 Å². The second-order valence-electron chi connectivity index (χ2n) is 4.97. The second-order valence-corrected chi connectivity index (χ2v) is 4.97. The number of carbonyl (C=O) groups is 1. The summed E-state index contributed by atoms with van der Waals surface area (Å²) >= 11 is 0. The van der Waals surface area contributed by atoms with E-state index >= 15 is 0 Å². The minimum absolute atomic E-state index is 0.0960. The average molecular weight is 274 g/mol. The zero-order chi connectivity index (χ0) is 13.9. The van der Waals surface area contributed by atoms with Gasteiger partial charge in [0.2, 0.25) is 5.91 Å². The molecule has 0 radical (unpaired) electrons. The first-order valence-corrected chi connectivity index (χ1v) is 6.85. The van der Waals surface area contributed by atoms with Crippen LogP contribution >= 0.6 is 0 Å². The van der Waals surface area contributed by atoms with Crippen molar-refractivity contribution >= 4 is 23.2 Å². The number of nitrogens with one attached hydrogen (secondary N) is 1. The normalized spacial score (nSPS) is 15.5. The molecular weight excluding hydrogens is 256 g/mol. The van der Waals surface area contributed by atoms with Gasteiger partial charge in [-0.3, -0.25) is 4.79 Å². The van der Waals surface area contributed by atoms with Crippen LogP contribution in [0.2, 0.25) is 0 Å². The number of likely N-dealkylation sites (tertiary alicyclic amines) is 1. The van der Waals surface area contributed by atoms with Gasteiger partial charge in [0.25, 0.3) is 0 Å². The van der Waals surface area contributed by atoms with Crippen molar-refractivity contribution in [3.05, 3.63) is 18.6 Å². The van der Waals surface area contributed by atoms with Gasteiger partial charge in [0.15, 0.2) is 11.5 Å². The Balaban J connectivity index is 1.70. The largest absolute Gasteiger partial charge is 0.382 e. The summed E-state index contributed by atoms with van der Waals surface area (Å²) < 4.78 is 1.79. The standard InChI is InChI=1S/C13H18N6O/c14-10-9-19-7-4-15-13(19)12(17-10)16-8-11(20)18-5-2-1-3-6-18/h4,7,9H,1-3,5-6,8,14H2,(H,16,17).